The van der Waals surface area contributed by atoms with E-state index in [1.165, 1.54) is 0 Å². The minimum atomic E-state index is -2.81. The maximum absolute atomic E-state index is 12.8. The molecule has 7 heteroatoms. The standard InChI is InChI=1S/C10H13F5O2/c1-2-8(16)17-10(6-14,7-15)9(3-11,4-12)5-13/h2H,1,3-7H2. The Morgan fingerprint density at radius 1 is 1.00 bits per heavy atom. The van der Waals surface area contributed by atoms with Crippen molar-refractivity contribution in [1.29, 1.82) is 0 Å². The lowest BCUT2D eigenvalue weighted by Gasteiger charge is -2.41. The van der Waals surface area contributed by atoms with Crippen LogP contribution in [-0.4, -0.2) is 44.9 Å². The van der Waals surface area contributed by atoms with E-state index >= 15 is 0 Å². The fraction of sp³-hybridized carbons (Fsp3) is 0.700. The Morgan fingerprint density at radius 3 is 1.65 bits per heavy atom. The average Bonchev–Trinajstić information content (AvgIpc) is 2.39. The molecule has 2 nitrogen and oxygen atoms in total. The molecule has 0 rings (SSSR count). The monoisotopic (exact) mass is 260 g/mol. The predicted octanol–water partition coefficient (Wildman–Crippen LogP) is 2.29. The molecule has 0 aromatic heterocycles. The molecule has 0 saturated heterocycles. The minimum Gasteiger partial charge on any atom is -0.449 e. The van der Waals surface area contributed by atoms with Crippen LogP contribution < -0.4 is 0 Å². The number of hydrogen-bond donors (Lipinski definition) is 0. The first kappa shape index (κ1) is 15.9. The van der Waals surface area contributed by atoms with Gasteiger partial charge in [-0.2, -0.15) is 0 Å². The van der Waals surface area contributed by atoms with Crippen molar-refractivity contribution in [3.8, 4) is 0 Å². The number of halogens is 5. The van der Waals surface area contributed by atoms with Crippen LogP contribution in [0.25, 0.3) is 0 Å². The topological polar surface area (TPSA) is 26.3 Å². The van der Waals surface area contributed by atoms with Crippen LogP contribution in [0.3, 0.4) is 0 Å². The summed E-state index contributed by atoms with van der Waals surface area (Å²) in [7, 11) is 0. The van der Waals surface area contributed by atoms with Gasteiger partial charge in [0.05, 0.1) is 0 Å². The van der Waals surface area contributed by atoms with Gasteiger partial charge < -0.3 is 4.74 Å². The zero-order chi connectivity index (χ0) is 13.5. The maximum atomic E-state index is 12.8. The van der Waals surface area contributed by atoms with Crippen LogP contribution >= 0.6 is 0 Å². The van der Waals surface area contributed by atoms with Gasteiger partial charge >= 0.3 is 5.97 Å². The molecule has 0 aliphatic heterocycles. The summed E-state index contributed by atoms with van der Waals surface area (Å²) in [6.07, 6.45) is 0.569. The molecule has 0 heterocycles. The second-order valence-electron chi connectivity index (χ2n) is 3.57. The van der Waals surface area contributed by atoms with Crippen LogP contribution in [0.2, 0.25) is 0 Å². The van der Waals surface area contributed by atoms with Crippen LogP contribution in [0.5, 0.6) is 0 Å². The number of carbonyl (C=O) groups excluding carboxylic acids is 1. The Morgan fingerprint density at radius 2 is 1.41 bits per heavy atom. The van der Waals surface area contributed by atoms with E-state index in [4.69, 9.17) is 0 Å². The van der Waals surface area contributed by atoms with Gasteiger partial charge in [-0.15, -0.1) is 0 Å². The number of alkyl halides is 5. The molecular weight excluding hydrogens is 247 g/mol. The van der Waals surface area contributed by atoms with Gasteiger partial charge in [0.1, 0.15) is 38.8 Å². The van der Waals surface area contributed by atoms with E-state index < -0.39 is 50.4 Å². The molecule has 0 bridgehead atoms. The summed E-state index contributed by atoms with van der Waals surface area (Å²) in [4.78, 5) is 10.9. The van der Waals surface area contributed by atoms with E-state index in [1.807, 2.05) is 0 Å². The van der Waals surface area contributed by atoms with Crippen molar-refractivity contribution in [2.75, 3.05) is 33.4 Å². The molecule has 0 N–H and O–H groups in total. The van der Waals surface area contributed by atoms with Crippen molar-refractivity contribution in [3.05, 3.63) is 12.7 Å². The van der Waals surface area contributed by atoms with Gasteiger partial charge in [0.15, 0.2) is 5.60 Å². The first-order valence-corrected chi connectivity index (χ1v) is 4.66. The summed E-state index contributed by atoms with van der Waals surface area (Å²) in [5.41, 5.74) is -5.48. The first-order chi connectivity index (χ1) is 8.01. The molecule has 17 heavy (non-hydrogen) atoms. The second kappa shape index (κ2) is 6.56. The lowest BCUT2D eigenvalue weighted by atomic mass is 9.75. The maximum Gasteiger partial charge on any atom is 0.330 e. The van der Waals surface area contributed by atoms with Gasteiger partial charge in [-0.05, 0) is 0 Å². The highest BCUT2D eigenvalue weighted by Gasteiger charge is 2.56. The Bertz CT molecular complexity index is 253. The molecular formula is C10H13F5O2. The van der Waals surface area contributed by atoms with Crippen LogP contribution in [0.4, 0.5) is 22.0 Å². The summed E-state index contributed by atoms with van der Waals surface area (Å²) in [5.74, 6) is -1.28. The van der Waals surface area contributed by atoms with Crippen LogP contribution in [-0.2, 0) is 9.53 Å². The molecule has 0 aliphatic carbocycles. The molecule has 0 aromatic rings. The Kier molecular flexibility index (Phi) is 6.12. The zero-order valence-corrected chi connectivity index (χ0v) is 9.03. The third kappa shape index (κ3) is 2.76. The van der Waals surface area contributed by atoms with Crippen molar-refractivity contribution >= 4 is 5.97 Å². The number of carbonyl (C=O) groups is 1. The van der Waals surface area contributed by atoms with Crippen LogP contribution in [0, 0.1) is 5.41 Å². The molecule has 0 atom stereocenters. The van der Waals surface area contributed by atoms with E-state index in [1.54, 1.807) is 0 Å². The Labute approximate surface area is 95.4 Å². The van der Waals surface area contributed by atoms with Gasteiger partial charge in [0.2, 0.25) is 0 Å². The predicted molar refractivity (Wildman–Crippen MR) is 51.3 cm³/mol. The van der Waals surface area contributed by atoms with Gasteiger partial charge in [-0.3, -0.25) is 13.2 Å². The lowest BCUT2D eigenvalue weighted by molar-refractivity contribution is -0.189. The smallest absolute Gasteiger partial charge is 0.330 e. The SMILES string of the molecule is C=CC(=O)OC(CF)(CF)C(CF)(CF)CF. The fourth-order valence-electron chi connectivity index (χ4n) is 1.19. The van der Waals surface area contributed by atoms with Crippen molar-refractivity contribution in [3.63, 3.8) is 0 Å². The van der Waals surface area contributed by atoms with E-state index in [0.717, 1.165) is 0 Å². The largest absolute Gasteiger partial charge is 0.449 e. The van der Waals surface area contributed by atoms with E-state index in [-0.39, 0.29) is 0 Å². The summed E-state index contributed by atoms with van der Waals surface area (Å²) < 4.78 is 68.0. The number of hydrogen-bond acceptors (Lipinski definition) is 2. The van der Waals surface area contributed by atoms with Gasteiger partial charge in [0, 0.05) is 6.08 Å². The minimum absolute atomic E-state index is 0.569. The average molecular weight is 260 g/mol. The van der Waals surface area contributed by atoms with Crippen molar-refractivity contribution in [2.45, 2.75) is 5.60 Å². The highest BCUT2D eigenvalue weighted by molar-refractivity contribution is 5.81. The number of esters is 1. The van der Waals surface area contributed by atoms with Crippen molar-refractivity contribution in [1.82, 2.24) is 0 Å². The van der Waals surface area contributed by atoms with Crippen molar-refractivity contribution in [2.24, 2.45) is 5.41 Å². The van der Waals surface area contributed by atoms with E-state index in [2.05, 4.69) is 11.3 Å². The van der Waals surface area contributed by atoms with Gasteiger partial charge in [-0.1, -0.05) is 6.58 Å². The van der Waals surface area contributed by atoms with Gasteiger partial charge in [0.25, 0.3) is 0 Å². The Balaban J connectivity index is 5.41. The lowest BCUT2D eigenvalue weighted by Crippen LogP contribution is -2.59. The van der Waals surface area contributed by atoms with Crippen molar-refractivity contribution < 1.29 is 31.5 Å². The third-order valence-corrected chi connectivity index (χ3v) is 2.63. The molecule has 0 amide bonds. The van der Waals surface area contributed by atoms with Crippen LogP contribution in [0.15, 0.2) is 12.7 Å². The normalized spacial score (nSPS) is 12.3. The number of ether oxygens (including phenoxy) is 1. The summed E-state index contributed by atoms with van der Waals surface area (Å²) >= 11 is 0. The molecule has 0 aromatic carbocycles. The van der Waals surface area contributed by atoms with Gasteiger partial charge in [-0.25, -0.2) is 13.6 Å². The molecule has 0 saturated carbocycles. The second-order valence-corrected chi connectivity index (χ2v) is 3.57. The molecule has 0 spiro atoms. The highest BCUT2D eigenvalue weighted by Crippen LogP contribution is 2.38. The fourth-order valence-corrected chi connectivity index (χ4v) is 1.19. The first-order valence-electron chi connectivity index (χ1n) is 4.66. The zero-order valence-electron chi connectivity index (χ0n) is 9.03. The molecule has 0 fully saturated rings. The molecule has 100 valence electrons. The van der Waals surface area contributed by atoms with E-state index in [0.29, 0.717) is 6.08 Å². The van der Waals surface area contributed by atoms with Crippen LogP contribution in [0.1, 0.15) is 0 Å². The number of rotatable bonds is 8. The molecule has 0 radical (unpaired) electrons. The molecule has 0 unspecified atom stereocenters. The molecule has 0 aliphatic rings. The highest BCUT2D eigenvalue weighted by atomic mass is 19.2. The third-order valence-electron chi connectivity index (χ3n) is 2.63. The quantitative estimate of drug-likeness (QED) is 0.380. The summed E-state index contributed by atoms with van der Waals surface area (Å²) in [6, 6.07) is 0. The summed E-state index contributed by atoms with van der Waals surface area (Å²) in [5, 5.41) is 0. The van der Waals surface area contributed by atoms with E-state index in [9.17, 15) is 26.7 Å². The Hall–Kier alpha value is -1.14. The summed E-state index contributed by atoms with van der Waals surface area (Å²) in [6.45, 7) is -5.59.